The van der Waals surface area contributed by atoms with Crippen LogP contribution in [0.4, 0.5) is 0 Å². The van der Waals surface area contributed by atoms with E-state index < -0.39 is 0 Å². The van der Waals surface area contributed by atoms with Gasteiger partial charge in [0.25, 0.3) is 5.56 Å². The molecule has 1 fully saturated rings. The number of aromatic amines is 1. The van der Waals surface area contributed by atoms with Crippen LogP contribution in [-0.4, -0.2) is 52.7 Å². The van der Waals surface area contributed by atoms with Crippen LogP contribution >= 0.6 is 11.8 Å². The fourth-order valence-electron chi connectivity index (χ4n) is 3.29. The number of rotatable bonds is 7. The Labute approximate surface area is 151 Å². The van der Waals surface area contributed by atoms with E-state index in [-0.39, 0.29) is 11.5 Å². The molecule has 2 N–H and O–H groups in total. The molecule has 1 atom stereocenters. The average molecular weight is 360 g/mol. The smallest absolute Gasteiger partial charge is 0.258 e. The molecule has 1 aromatic heterocycles. The standard InChI is InChI=1S/C18H24N4O2S/c1-19-11-13-5-4-9-22(13)17(23)8-10-25-12-16-20-15-7-3-2-6-14(15)18(24)21-16/h2-3,6-7,13,19H,4-5,8-12H2,1H3,(H,20,21,24). The second kappa shape index (κ2) is 8.49. The van der Waals surface area contributed by atoms with Crippen LogP contribution < -0.4 is 10.9 Å². The highest BCUT2D eigenvalue weighted by Gasteiger charge is 2.27. The molecule has 0 radical (unpaired) electrons. The van der Waals surface area contributed by atoms with Crippen molar-refractivity contribution in [2.75, 3.05) is 25.9 Å². The minimum Gasteiger partial charge on any atom is -0.338 e. The Balaban J connectivity index is 1.50. The second-order valence-corrected chi connectivity index (χ2v) is 7.38. The molecule has 1 aromatic carbocycles. The first-order valence-electron chi connectivity index (χ1n) is 8.69. The maximum absolute atomic E-state index is 12.4. The Bertz CT molecular complexity index is 792. The molecule has 1 aliphatic rings. The Morgan fingerprint density at radius 2 is 2.28 bits per heavy atom. The minimum absolute atomic E-state index is 0.107. The van der Waals surface area contributed by atoms with Crippen LogP contribution in [0.15, 0.2) is 29.1 Å². The molecule has 0 spiro atoms. The van der Waals surface area contributed by atoms with Crippen LogP contribution in [0, 0.1) is 0 Å². The van der Waals surface area contributed by atoms with Crippen LogP contribution in [0.25, 0.3) is 10.9 Å². The van der Waals surface area contributed by atoms with Gasteiger partial charge in [-0.2, -0.15) is 11.8 Å². The Morgan fingerprint density at radius 1 is 1.44 bits per heavy atom. The van der Waals surface area contributed by atoms with Crippen LogP contribution in [0.2, 0.25) is 0 Å². The molecule has 1 amide bonds. The van der Waals surface area contributed by atoms with Crippen molar-refractivity contribution >= 4 is 28.6 Å². The first kappa shape index (κ1) is 17.9. The van der Waals surface area contributed by atoms with Crippen LogP contribution in [0.5, 0.6) is 0 Å². The number of benzene rings is 1. The number of H-pyrrole nitrogens is 1. The van der Waals surface area contributed by atoms with Gasteiger partial charge in [-0.3, -0.25) is 9.59 Å². The molecule has 3 rings (SSSR count). The highest BCUT2D eigenvalue weighted by atomic mass is 32.2. The highest BCUT2D eigenvalue weighted by molar-refractivity contribution is 7.98. The van der Waals surface area contributed by atoms with E-state index in [0.29, 0.717) is 34.9 Å². The van der Waals surface area contributed by atoms with Crippen molar-refractivity contribution in [2.24, 2.45) is 0 Å². The predicted molar refractivity (Wildman–Crippen MR) is 102 cm³/mol. The van der Waals surface area contributed by atoms with Gasteiger partial charge < -0.3 is 15.2 Å². The van der Waals surface area contributed by atoms with E-state index in [2.05, 4.69) is 15.3 Å². The van der Waals surface area contributed by atoms with E-state index >= 15 is 0 Å². The van der Waals surface area contributed by atoms with E-state index in [1.54, 1.807) is 17.8 Å². The summed E-state index contributed by atoms with van der Waals surface area (Å²) in [4.78, 5) is 33.7. The zero-order valence-electron chi connectivity index (χ0n) is 14.5. The largest absolute Gasteiger partial charge is 0.338 e. The van der Waals surface area contributed by atoms with Gasteiger partial charge in [0, 0.05) is 31.3 Å². The normalized spacial score (nSPS) is 17.3. The van der Waals surface area contributed by atoms with Crippen LogP contribution in [0.3, 0.4) is 0 Å². The van der Waals surface area contributed by atoms with E-state index in [9.17, 15) is 9.59 Å². The number of carbonyl (C=O) groups excluding carboxylic acids is 1. The zero-order valence-corrected chi connectivity index (χ0v) is 15.3. The lowest BCUT2D eigenvalue weighted by atomic mass is 10.2. The summed E-state index contributed by atoms with van der Waals surface area (Å²) in [5.41, 5.74) is 0.606. The average Bonchev–Trinajstić information content (AvgIpc) is 3.07. The van der Waals surface area contributed by atoms with Gasteiger partial charge in [0.15, 0.2) is 0 Å². The molecule has 134 valence electrons. The van der Waals surface area contributed by atoms with Crippen molar-refractivity contribution in [3.05, 3.63) is 40.4 Å². The topological polar surface area (TPSA) is 78.1 Å². The molecular formula is C18H24N4O2S. The van der Waals surface area contributed by atoms with Crippen molar-refractivity contribution in [1.82, 2.24) is 20.2 Å². The SMILES string of the molecule is CNCC1CCCN1C(=O)CCSCc1nc2ccccc2c(=O)[nH]1. The molecule has 2 aromatic rings. The summed E-state index contributed by atoms with van der Waals surface area (Å²) in [6.07, 6.45) is 2.71. The summed E-state index contributed by atoms with van der Waals surface area (Å²) in [7, 11) is 1.92. The van der Waals surface area contributed by atoms with Gasteiger partial charge in [-0.1, -0.05) is 12.1 Å². The van der Waals surface area contributed by atoms with Crippen LogP contribution in [0.1, 0.15) is 25.1 Å². The summed E-state index contributed by atoms with van der Waals surface area (Å²) in [6.45, 7) is 1.73. The summed E-state index contributed by atoms with van der Waals surface area (Å²) in [6, 6.07) is 7.66. The number of aromatic nitrogens is 2. The monoisotopic (exact) mass is 360 g/mol. The summed E-state index contributed by atoms with van der Waals surface area (Å²) >= 11 is 1.63. The van der Waals surface area contributed by atoms with E-state index in [0.717, 1.165) is 31.7 Å². The first-order valence-corrected chi connectivity index (χ1v) is 9.84. The van der Waals surface area contributed by atoms with Gasteiger partial charge in [-0.15, -0.1) is 0 Å². The third-order valence-electron chi connectivity index (χ3n) is 4.50. The van der Waals surface area contributed by atoms with E-state index in [1.807, 2.05) is 30.1 Å². The number of likely N-dealkylation sites (tertiary alicyclic amines) is 1. The molecule has 25 heavy (non-hydrogen) atoms. The lowest BCUT2D eigenvalue weighted by Gasteiger charge is -2.24. The number of hydrogen-bond donors (Lipinski definition) is 2. The van der Waals surface area contributed by atoms with Crippen molar-refractivity contribution in [1.29, 1.82) is 0 Å². The summed E-state index contributed by atoms with van der Waals surface area (Å²) in [5.74, 6) is 2.23. The molecule has 1 aliphatic heterocycles. The van der Waals surface area contributed by atoms with Gasteiger partial charge in [0.05, 0.1) is 16.7 Å². The molecule has 0 aliphatic carbocycles. The molecule has 2 heterocycles. The van der Waals surface area contributed by atoms with E-state index in [1.165, 1.54) is 0 Å². The number of likely N-dealkylation sites (N-methyl/N-ethyl adjacent to an activating group) is 1. The van der Waals surface area contributed by atoms with Gasteiger partial charge in [-0.05, 0) is 32.0 Å². The van der Waals surface area contributed by atoms with Crippen molar-refractivity contribution in [3.63, 3.8) is 0 Å². The van der Waals surface area contributed by atoms with Gasteiger partial charge >= 0.3 is 0 Å². The number of hydrogen-bond acceptors (Lipinski definition) is 5. The van der Waals surface area contributed by atoms with Gasteiger partial charge in [-0.25, -0.2) is 4.98 Å². The number of nitrogens with zero attached hydrogens (tertiary/aromatic N) is 2. The van der Waals surface area contributed by atoms with Crippen LogP contribution in [-0.2, 0) is 10.5 Å². The van der Waals surface area contributed by atoms with Crippen molar-refractivity contribution in [3.8, 4) is 0 Å². The maximum Gasteiger partial charge on any atom is 0.258 e. The molecule has 7 heteroatoms. The first-order chi connectivity index (χ1) is 12.2. The molecule has 1 unspecified atom stereocenters. The number of para-hydroxylation sites is 1. The summed E-state index contributed by atoms with van der Waals surface area (Å²) < 4.78 is 0. The molecule has 6 nitrogen and oxygen atoms in total. The number of amides is 1. The quantitative estimate of drug-likeness (QED) is 0.736. The number of thioether (sulfide) groups is 1. The molecule has 0 bridgehead atoms. The molecule has 1 saturated heterocycles. The fraction of sp³-hybridized carbons (Fsp3) is 0.500. The predicted octanol–water partition coefficient (Wildman–Crippen LogP) is 1.76. The zero-order chi connectivity index (χ0) is 17.6. The second-order valence-electron chi connectivity index (χ2n) is 6.27. The van der Waals surface area contributed by atoms with Crippen molar-refractivity contribution in [2.45, 2.75) is 31.1 Å². The third kappa shape index (κ3) is 4.41. The Kier molecular flexibility index (Phi) is 6.09. The molecule has 0 saturated carbocycles. The lowest BCUT2D eigenvalue weighted by molar-refractivity contribution is -0.131. The lowest BCUT2D eigenvalue weighted by Crippen LogP contribution is -2.40. The number of fused-ring (bicyclic) bond motifs is 1. The Morgan fingerprint density at radius 3 is 3.12 bits per heavy atom. The van der Waals surface area contributed by atoms with Crippen molar-refractivity contribution < 1.29 is 4.79 Å². The fourth-order valence-corrected chi connectivity index (χ4v) is 4.08. The summed E-state index contributed by atoms with van der Waals surface area (Å²) in [5, 5.41) is 3.77. The number of nitrogens with one attached hydrogen (secondary N) is 2. The highest BCUT2D eigenvalue weighted by Crippen LogP contribution is 2.19. The number of carbonyl (C=O) groups is 1. The minimum atomic E-state index is -0.107. The van der Waals surface area contributed by atoms with Gasteiger partial charge in [0.1, 0.15) is 5.82 Å². The third-order valence-corrected chi connectivity index (χ3v) is 5.47. The Hall–Kier alpha value is -1.86. The van der Waals surface area contributed by atoms with Gasteiger partial charge in [0.2, 0.25) is 5.91 Å². The van der Waals surface area contributed by atoms with E-state index in [4.69, 9.17) is 0 Å². The maximum atomic E-state index is 12.4. The molecular weight excluding hydrogens is 336 g/mol.